The third kappa shape index (κ3) is 4.68. The van der Waals surface area contributed by atoms with Crippen LogP contribution >= 0.6 is 0 Å². The third-order valence-electron chi connectivity index (χ3n) is 3.75. The molecule has 0 heterocycles. The maximum Gasteiger partial charge on any atom is 0.126 e. The minimum atomic E-state index is -0.129. The summed E-state index contributed by atoms with van der Waals surface area (Å²) in [5.74, 6) is 0.272. The zero-order chi connectivity index (χ0) is 15.2. The monoisotopic (exact) mass is 285 g/mol. The highest BCUT2D eigenvalue weighted by atomic mass is 19.1. The molecule has 1 atom stereocenters. The first kappa shape index (κ1) is 15.7. The largest absolute Gasteiger partial charge is 0.314 e. The highest BCUT2D eigenvalue weighted by molar-refractivity contribution is 5.28. The molecule has 0 saturated heterocycles. The van der Waals surface area contributed by atoms with Gasteiger partial charge in [-0.1, -0.05) is 56.3 Å². The average Bonchev–Trinajstić information content (AvgIpc) is 2.48. The van der Waals surface area contributed by atoms with Crippen molar-refractivity contribution in [3.05, 3.63) is 71.0 Å². The number of hydrogen-bond acceptors (Lipinski definition) is 1. The van der Waals surface area contributed by atoms with Gasteiger partial charge in [0.1, 0.15) is 5.82 Å². The second kappa shape index (κ2) is 7.37. The molecule has 0 aliphatic rings. The molecule has 0 radical (unpaired) electrons. The van der Waals surface area contributed by atoms with E-state index in [1.807, 2.05) is 25.1 Å². The fourth-order valence-electron chi connectivity index (χ4n) is 2.53. The average molecular weight is 285 g/mol. The van der Waals surface area contributed by atoms with Gasteiger partial charge in [-0.25, -0.2) is 4.39 Å². The van der Waals surface area contributed by atoms with E-state index in [1.165, 1.54) is 11.1 Å². The van der Waals surface area contributed by atoms with Gasteiger partial charge in [0.05, 0.1) is 0 Å². The van der Waals surface area contributed by atoms with Crippen LogP contribution in [0.15, 0.2) is 48.5 Å². The summed E-state index contributed by atoms with van der Waals surface area (Å²) in [5, 5.41) is 3.52. The Kier molecular flexibility index (Phi) is 5.51. The van der Waals surface area contributed by atoms with E-state index in [0.717, 1.165) is 18.5 Å². The Morgan fingerprint density at radius 3 is 2.38 bits per heavy atom. The molecule has 1 nitrogen and oxygen atoms in total. The van der Waals surface area contributed by atoms with Crippen molar-refractivity contribution in [2.75, 3.05) is 6.54 Å². The van der Waals surface area contributed by atoms with E-state index in [0.29, 0.717) is 12.0 Å². The summed E-state index contributed by atoms with van der Waals surface area (Å²) in [5.41, 5.74) is 3.23. The summed E-state index contributed by atoms with van der Waals surface area (Å²) in [6.07, 6.45) is 0.921. The van der Waals surface area contributed by atoms with Crippen LogP contribution in [0.4, 0.5) is 4.39 Å². The number of rotatable bonds is 6. The maximum absolute atomic E-state index is 13.4. The van der Waals surface area contributed by atoms with Gasteiger partial charge in [0.25, 0.3) is 0 Å². The molecule has 1 unspecified atom stereocenters. The normalized spacial score (nSPS) is 12.6. The number of hydrogen-bond donors (Lipinski definition) is 1. The summed E-state index contributed by atoms with van der Waals surface area (Å²) in [6.45, 7) is 7.06. The molecule has 0 fully saturated rings. The van der Waals surface area contributed by atoms with Crippen LogP contribution in [0, 0.1) is 12.7 Å². The number of benzene rings is 2. The molecular weight excluding hydrogens is 261 g/mol. The van der Waals surface area contributed by atoms with Crippen molar-refractivity contribution in [2.24, 2.45) is 0 Å². The van der Waals surface area contributed by atoms with Crippen LogP contribution in [0.1, 0.15) is 36.5 Å². The molecule has 0 spiro atoms. The fraction of sp³-hybridized carbons (Fsp3) is 0.368. The fourth-order valence-corrected chi connectivity index (χ4v) is 2.53. The summed E-state index contributed by atoms with van der Waals surface area (Å²) < 4.78 is 13.4. The van der Waals surface area contributed by atoms with Crippen LogP contribution in [0.25, 0.3) is 0 Å². The highest BCUT2D eigenvalue weighted by Gasteiger charge is 2.13. The lowest BCUT2D eigenvalue weighted by atomic mass is 9.91. The molecule has 0 aliphatic heterocycles. The smallest absolute Gasteiger partial charge is 0.126 e. The van der Waals surface area contributed by atoms with Crippen molar-refractivity contribution in [3.63, 3.8) is 0 Å². The number of nitrogens with one attached hydrogen (secondary N) is 1. The predicted molar refractivity (Wildman–Crippen MR) is 87.2 cm³/mol. The Hall–Kier alpha value is -1.67. The quantitative estimate of drug-likeness (QED) is 0.826. The molecule has 0 aliphatic carbocycles. The molecule has 112 valence electrons. The Morgan fingerprint density at radius 2 is 1.76 bits per heavy atom. The van der Waals surface area contributed by atoms with E-state index >= 15 is 0 Å². The first-order valence-corrected chi connectivity index (χ1v) is 7.59. The zero-order valence-corrected chi connectivity index (χ0v) is 13.1. The lowest BCUT2D eigenvalue weighted by molar-refractivity contribution is 0.526. The minimum Gasteiger partial charge on any atom is -0.314 e. The topological polar surface area (TPSA) is 12.0 Å². The second-order valence-corrected chi connectivity index (χ2v) is 5.96. The van der Waals surface area contributed by atoms with Crippen LogP contribution in [0.2, 0.25) is 0 Å². The van der Waals surface area contributed by atoms with E-state index in [9.17, 15) is 4.39 Å². The molecule has 1 N–H and O–H groups in total. The molecule has 0 aromatic heterocycles. The van der Waals surface area contributed by atoms with Gasteiger partial charge in [0, 0.05) is 18.5 Å². The van der Waals surface area contributed by atoms with Crippen LogP contribution in [0.5, 0.6) is 0 Å². The van der Waals surface area contributed by atoms with Gasteiger partial charge in [-0.3, -0.25) is 0 Å². The van der Waals surface area contributed by atoms with E-state index in [2.05, 4.69) is 43.4 Å². The van der Waals surface area contributed by atoms with Gasteiger partial charge in [-0.15, -0.1) is 0 Å². The standard InChI is InChI=1S/C19H24FN/c1-14(2)21-13-18(17-7-5-4-6-8-17)12-16-9-10-19(20)15(3)11-16/h4-11,14,18,21H,12-13H2,1-3H3. The minimum absolute atomic E-state index is 0.129. The summed E-state index contributed by atoms with van der Waals surface area (Å²) >= 11 is 0. The van der Waals surface area contributed by atoms with Crippen LogP contribution in [-0.4, -0.2) is 12.6 Å². The number of aryl methyl sites for hydroxylation is 1. The molecule has 2 aromatic rings. The Labute approximate surface area is 127 Å². The zero-order valence-electron chi connectivity index (χ0n) is 13.1. The van der Waals surface area contributed by atoms with E-state index < -0.39 is 0 Å². The maximum atomic E-state index is 13.4. The van der Waals surface area contributed by atoms with Gasteiger partial charge >= 0.3 is 0 Å². The molecule has 21 heavy (non-hydrogen) atoms. The Morgan fingerprint density at radius 1 is 1.05 bits per heavy atom. The lowest BCUT2D eigenvalue weighted by Crippen LogP contribution is -2.29. The SMILES string of the molecule is Cc1cc(CC(CNC(C)C)c2ccccc2)ccc1F. The summed E-state index contributed by atoms with van der Waals surface area (Å²) in [7, 11) is 0. The predicted octanol–water partition coefficient (Wildman–Crippen LogP) is 4.46. The third-order valence-corrected chi connectivity index (χ3v) is 3.75. The van der Waals surface area contributed by atoms with Crippen LogP contribution < -0.4 is 5.32 Å². The lowest BCUT2D eigenvalue weighted by Gasteiger charge is -2.20. The van der Waals surface area contributed by atoms with Crippen molar-refractivity contribution in [1.29, 1.82) is 0 Å². The summed E-state index contributed by atoms with van der Waals surface area (Å²) in [4.78, 5) is 0. The molecule has 2 heteroatoms. The Balaban J connectivity index is 2.17. The van der Waals surface area contributed by atoms with E-state index in [4.69, 9.17) is 0 Å². The van der Waals surface area contributed by atoms with Crippen molar-refractivity contribution < 1.29 is 4.39 Å². The van der Waals surface area contributed by atoms with Crippen LogP contribution in [0.3, 0.4) is 0 Å². The molecule has 2 rings (SSSR count). The second-order valence-electron chi connectivity index (χ2n) is 5.96. The van der Waals surface area contributed by atoms with E-state index in [-0.39, 0.29) is 5.82 Å². The molecule has 0 amide bonds. The Bertz CT molecular complexity index is 563. The van der Waals surface area contributed by atoms with Gasteiger partial charge in [0.2, 0.25) is 0 Å². The first-order chi connectivity index (χ1) is 10.1. The van der Waals surface area contributed by atoms with E-state index in [1.54, 1.807) is 6.07 Å². The molecular formula is C19H24FN. The van der Waals surface area contributed by atoms with Crippen molar-refractivity contribution >= 4 is 0 Å². The van der Waals surface area contributed by atoms with Gasteiger partial charge < -0.3 is 5.32 Å². The first-order valence-electron chi connectivity index (χ1n) is 7.59. The molecule has 0 bridgehead atoms. The number of halogens is 1. The molecule has 0 saturated carbocycles. The van der Waals surface area contributed by atoms with Crippen molar-refractivity contribution in [3.8, 4) is 0 Å². The summed E-state index contributed by atoms with van der Waals surface area (Å²) in [6, 6.07) is 16.4. The van der Waals surface area contributed by atoms with Gasteiger partial charge in [-0.05, 0) is 36.1 Å². The van der Waals surface area contributed by atoms with Gasteiger partial charge in [0.15, 0.2) is 0 Å². The van der Waals surface area contributed by atoms with Gasteiger partial charge in [-0.2, -0.15) is 0 Å². The molecule has 2 aromatic carbocycles. The highest BCUT2D eigenvalue weighted by Crippen LogP contribution is 2.21. The van der Waals surface area contributed by atoms with Crippen molar-refractivity contribution in [1.82, 2.24) is 5.32 Å². The van der Waals surface area contributed by atoms with Crippen LogP contribution in [-0.2, 0) is 6.42 Å². The van der Waals surface area contributed by atoms with Crippen molar-refractivity contribution in [2.45, 2.75) is 39.2 Å².